The van der Waals surface area contributed by atoms with Gasteiger partial charge in [0.15, 0.2) is 11.6 Å². The van der Waals surface area contributed by atoms with E-state index in [1.54, 1.807) is 18.2 Å². The predicted octanol–water partition coefficient (Wildman–Crippen LogP) is 2.78. The third-order valence-electron chi connectivity index (χ3n) is 5.15. The van der Waals surface area contributed by atoms with Gasteiger partial charge in [-0.15, -0.1) is 0 Å². The van der Waals surface area contributed by atoms with Crippen LogP contribution in [0.3, 0.4) is 0 Å². The summed E-state index contributed by atoms with van der Waals surface area (Å²) in [6, 6.07) is 9.34. The first-order chi connectivity index (χ1) is 16.2. The van der Waals surface area contributed by atoms with Gasteiger partial charge in [-0.3, -0.25) is 19.5 Å². The maximum Gasteiger partial charge on any atom is 0.269 e. The van der Waals surface area contributed by atoms with E-state index in [9.17, 15) is 14.0 Å². The van der Waals surface area contributed by atoms with Crippen LogP contribution >= 0.6 is 0 Å². The molecule has 1 aromatic carbocycles. The van der Waals surface area contributed by atoms with Gasteiger partial charge in [-0.05, 0) is 53.4 Å². The number of amides is 2. The SMILES string of the molecule is [2H]C([2H])([2H])NC(=O)c1ccc(Cc2cc3c(cc2OC)CCN(c2ncccc2F)C3=O)cn1. The molecular formula is C23H21FN4O3. The van der Waals surface area contributed by atoms with Gasteiger partial charge in [-0.2, -0.15) is 0 Å². The summed E-state index contributed by atoms with van der Waals surface area (Å²) in [5, 5.41) is 1.89. The topological polar surface area (TPSA) is 84.4 Å². The van der Waals surface area contributed by atoms with Gasteiger partial charge in [-0.1, -0.05) is 6.07 Å². The van der Waals surface area contributed by atoms with Gasteiger partial charge in [0.05, 0.1) is 7.11 Å². The Morgan fingerprint density at radius 3 is 2.90 bits per heavy atom. The summed E-state index contributed by atoms with van der Waals surface area (Å²) in [7, 11) is 1.53. The number of rotatable bonds is 5. The number of methoxy groups -OCH3 is 1. The lowest BCUT2D eigenvalue weighted by molar-refractivity contribution is 0.0955. The monoisotopic (exact) mass is 423 g/mol. The molecule has 0 spiro atoms. The number of halogens is 1. The minimum absolute atomic E-state index is 0.00867. The van der Waals surface area contributed by atoms with E-state index in [-0.39, 0.29) is 17.4 Å². The third-order valence-corrected chi connectivity index (χ3v) is 5.15. The molecule has 0 aliphatic carbocycles. The van der Waals surface area contributed by atoms with Crippen LogP contribution in [0.5, 0.6) is 5.75 Å². The number of ether oxygens (including phenoxy) is 1. The summed E-state index contributed by atoms with van der Waals surface area (Å²) >= 11 is 0. The highest BCUT2D eigenvalue weighted by atomic mass is 19.1. The lowest BCUT2D eigenvalue weighted by Gasteiger charge is -2.29. The number of fused-ring (bicyclic) bond motifs is 1. The molecule has 1 aliphatic rings. The molecule has 8 heteroatoms. The second kappa shape index (κ2) is 8.51. The molecule has 31 heavy (non-hydrogen) atoms. The number of carbonyl (C=O) groups is 2. The van der Waals surface area contributed by atoms with Gasteiger partial charge in [0.25, 0.3) is 11.8 Å². The summed E-state index contributed by atoms with van der Waals surface area (Å²) < 4.78 is 41.1. The fraction of sp³-hybridized carbons (Fsp3) is 0.217. The van der Waals surface area contributed by atoms with Crippen molar-refractivity contribution in [2.45, 2.75) is 12.8 Å². The van der Waals surface area contributed by atoms with Crippen LogP contribution in [-0.2, 0) is 12.8 Å². The average molecular weight is 423 g/mol. The molecule has 4 rings (SSSR count). The van der Waals surface area contributed by atoms with Crippen molar-refractivity contribution in [3.05, 3.63) is 82.6 Å². The summed E-state index contributed by atoms with van der Waals surface area (Å²) in [4.78, 5) is 34.6. The molecule has 0 atom stereocenters. The number of hydrogen-bond acceptors (Lipinski definition) is 5. The Kier molecular flexibility index (Phi) is 4.65. The maximum absolute atomic E-state index is 14.2. The lowest BCUT2D eigenvalue weighted by Crippen LogP contribution is -2.38. The second-order valence-electron chi connectivity index (χ2n) is 7.02. The summed E-state index contributed by atoms with van der Waals surface area (Å²) in [5.74, 6) is -1.14. The number of nitrogens with zero attached hydrogens (tertiary/aromatic N) is 3. The highest BCUT2D eigenvalue weighted by molar-refractivity contribution is 6.08. The molecule has 3 aromatic rings. The van der Waals surface area contributed by atoms with E-state index in [1.807, 2.05) is 5.32 Å². The van der Waals surface area contributed by atoms with E-state index in [2.05, 4.69) is 9.97 Å². The van der Waals surface area contributed by atoms with Gasteiger partial charge in [0, 0.05) is 42.0 Å². The molecule has 1 N–H and O–H groups in total. The largest absolute Gasteiger partial charge is 0.496 e. The van der Waals surface area contributed by atoms with Crippen LogP contribution in [0.2, 0.25) is 0 Å². The number of nitrogens with one attached hydrogen (secondary N) is 1. The van der Waals surface area contributed by atoms with Gasteiger partial charge in [0.2, 0.25) is 0 Å². The average Bonchev–Trinajstić information content (AvgIpc) is 2.79. The third kappa shape index (κ3) is 3.96. The Balaban J connectivity index is 1.60. The molecular weight excluding hydrogens is 399 g/mol. The summed E-state index contributed by atoms with van der Waals surface area (Å²) in [6.07, 6.45) is 3.76. The molecule has 0 saturated heterocycles. The van der Waals surface area contributed by atoms with Crippen molar-refractivity contribution in [2.75, 3.05) is 25.5 Å². The molecule has 0 saturated carbocycles. The molecule has 0 bridgehead atoms. The smallest absolute Gasteiger partial charge is 0.269 e. The first-order valence-electron chi connectivity index (χ1n) is 11.1. The molecule has 2 aromatic heterocycles. The maximum atomic E-state index is 14.2. The Labute approximate surface area is 183 Å². The van der Waals surface area contributed by atoms with Crippen LogP contribution in [0, 0.1) is 5.82 Å². The van der Waals surface area contributed by atoms with Gasteiger partial charge in [-0.25, -0.2) is 9.37 Å². The molecule has 0 radical (unpaired) electrons. The fourth-order valence-corrected chi connectivity index (χ4v) is 3.61. The molecule has 2 amide bonds. The fourth-order valence-electron chi connectivity index (χ4n) is 3.61. The molecule has 7 nitrogen and oxygen atoms in total. The van der Waals surface area contributed by atoms with Crippen molar-refractivity contribution >= 4 is 17.6 Å². The minimum atomic E-state index is -2.60. The summed E-state index contributed by atoms with van der Waals surface area (Å²) in [5.41, 5.74) is 2.64. The van der Waals surface area contributed by atoms with Gasteiger partial charge < -0.3 is 10.1 Å². The van der Waals surface area contributed by atoms with Crippen molar-refractivity contribution in [3.8, 4) is 5.75 Å². The minimum Gasteiger partial charge on any atom is -0.496 e. The van der Waals surface area contributed by atoms with Crippen LogP contribution in [0.15, 0.2) is 48.8 Å². The molecule has 1 aliphatic heterocycles. The standard InChI is InChI=1S/C23H21FN4O3/c1-25-22(29)19-6-5-14(13-27-19)10-16-11-17-15(12-20(16)31-2)7-9-28(23(17)30)21-18(24)4-3-8-26-21/h3-6,8,11-13H,7,9-10H2,1-2H3,(H,25,29)/i1D3. The van der Waals surface area contributed by atoms with E-state index in [1.165, 1.54) is 42.6 Å². The number of aromatic nitrogens is 2. The Bertz CT molecular complexity index is 1250. The van der Waals surface area contributed by atoms with Crippen molar-refractivity contribution < 1.29 is 22.8 Å². The zero-order valence-corrected chi connectivity index (χ0v) is 16.7. The van der Waals surface area contributed by atoms with Crippen molar-refractivity contribution in [2.24, 2.45) is 0 Å². The number of pyridine rings is 2. The lowest BCUT2D eigenvalue weighted by atomic mass is 9.93. The van der Waals surface area contributed by atoms with E-state index in [4.69, 9.17) is 8.85 Å². The molecule has 158 valence electrons. The number of carbonyl (C=O) groups excluding carboxylic acids is 2. The number of anilines is 1. The molecule has 3 heterocycles. The normalized spacial score (nSPS) is 14.8. The molecule has 0 unspecified atom stereocenters. The Hall–Kier alpha value is -3.81. The van der Waals surface area contributed by atoms with Crippen molar-refractivity contribution in [3.63, 3.8) is 0 Å². The predicted molar refractivity (Wildman–Crippen MR) is 113 cm³/mol. The van der Waals surface area contributed by atoms with E-state index < -0.39 is 18.7 Å². The van der Waals surface area contributed by atoms with E-state index in [0.29, 0.717) is 36.3 Å². The van der Waals surface area contributed by atoms with Crippen LogP contribution in [0.1, 0.15) is 41.6 Å². The summed E-state index contributed by atoms with van der Waals surface area (Å²) in [6.45, 7) is -2.31. The Morgan fingerprint density at radius 1 is 1.32 bits per heavy atom. The van der Waals surface area contributed by atoms with Crippen molar-refractivity contribution in [1.29, 1.82) is 0 Å². The van der Waals surface area contributed by atoms with Crippen LogP contribution < -0.4 is 15.0 Å². The zero-order valence-electron chi connectivity index (χ0n) is 19.7. The van der Waals surface area contributed by atoms with Crippen LogP contribution in [0.25, 0.3) is 0 Å². The first-order valence-corrected chi connectivity index (χ1v) is 9.56. The first kappa shape index (κ1) is 16.9. The van der Waals surface area contributed by atoms with Gasteiger partial charge >= 0.3 is 0 Å². The van der Waals surface area contributed by atoms with Gasteiger partial charge in [0.1, 0.15) is 11.4 Å². The number of hydrogen-bond donors (Lipinski definition) is 1. The highest BCUT2D eigenvalue weighted by Crippen LogP contribution is 2.31. The van der Waals surface area contributed by atoms with Crippen molar-refractivity contribution in [1.82, 2.24) is 15.3 Å². The van der Waals surface area contributed by atoms with Crippen LogP contribution in [0.4, 0.5) is 10.2 Å². The quantitative estimate of drug-likeness (QED) is 0.682. The zero-order chi connectivity index (χ0) is 24.5. The Morgan fingerprint density at radius 2 is 2.19 bits per heavy atom. The number of benzene rings is 1. The van der Waals surface area contributed by atoms with E-state index >= 15 is 0 Å². The van der Waals surface area contributed by atoms with E-state index in [0.717, 1.165) is 11.1 Å². The second-order valence-corrected chi connectivity index (χ2v) is 7.02. The molecule has 0 fully saturated rings. The highest BCUT2D eigenvalue weighted by Gasteiger charge is 2.29. The van der Waals surface area contributed by atoms with Crippen LogP contribution in [-0.4, -0.2) is 42.4 Å².